The molecule has 0 aliphatic carbocycles. The van der Waals surface area contributed by atoms with Gasteiger partial charge in [-0.2, -0.15) is 11.8 Å². The number of aliphatic hydroxyl groups is 1. The minimum Gasteiger partial charge on any atom is -0.396 e. The molecule has 1 unspecified atom stereocenters. The van der Waals surface area contributed by atoms with Gasteiger partial charge in [-0.3, -0.25) is 0 Å². The molecule has 0 saturated carbocycles. The van der Waals surface area contributed by atoms with Crippen molar-refractivity contribution >= 4 is 11.8 Å². The molecule has 2 heteroatoms. The third kappa shape index (κ3) is 3.72. The Labute approximate surface area is 90.5 Å². The molecule has 1 aromatic carbocycles. The van der Waals surface area contributed by atoms with E-state index in [1.54, 1.807) is 0 Å². The van der Waals surface area contributed by atoms with Crippen LogP contribution in [0.4, 0.5) is 0 Å². The van der Waals surface area contributed by atoms with Crippen molar-refractivity contribution in [3.63, 3.8) is 0 Å². The predicted molar refractivity (Wildman–Crippen MR) is 63.6 cm³/mol. The Balaban J connectivity index is 2.41. The van der Waals surface area contributed by atoms with Gasteiger partial charge < -0.3 is 5.11 Å². The Kier molecular flexibility index (Phi) is 5.05. The number of aliphatic hydroxyl groups excluding tert-OH is 1. The molecule has 0 aliphatic rings. The van der Waals surface area contributed by atoms with Crippen LogP contribution in [0.15, 0.2) is 24.3 Å². The summed E-state index contributed by atoms with van der Waals surface area (Å²) in [6, 6.07) is 8.47. The Morgan fingerprint density at radius 2 is 2.07 bits per heavy atom. The van der Waals surface area contributed by atoms with Crippen molar-refractivity contribution < 1.29 is 5.11 Å². The van der Waals surface area contributed by atoms with Crippen LogP contribution in [0.5, 0.6) is 0 Å². The lowest BCUT2D eigenvalue weighted by Gasteiger charge is -2.10. The van der Waals surface area contributed by atoms with Crippen molar-refractivity contribution in [1.29, 1.82) is 0 Å². The van der Waals surface area contributed by atoms with Crippen molar-refractivity contribution in [3.05, 3.63) is 35.4 Å². The molecule has 0 spiro atoms. The first kappa shape index (κ1) is 11.6. The Morgan fingerprint density at radius 1 is 1.36 bits per heavy atom. The summed E-state index contributed by atoms with van der Waals surface area (Å²) in [5, 5.41) is 9.32. The summed E-state index contributed by atoms with van der Waals surface area (Å²) < 4.78 is 0. The van der Waals surface area contributed by atoms with Crippen molar-refractivity contribution in [1.82, 2.24) is 0 Å². The first-order valence-electron chi connectivity index (χ1n) is 5.01. The Hall–Kier alpha value is -0.470. The maximum atomic E-state index is 8.78. The van der Waals surface area contributed by atoms with E-state index in [-0.39, 0.29) is 0 Å². The molecule has 0 radical (unpaired) electrons. The van der Waals surface area contributed by atoms with Crippen LogP contribution in [-0.2, 0) is 5.75 Å². The fourth-order valence-corrected chi connectivity index (χ4v) is 2.33. The van der Waals surface area contributed by atoms with Crippen LogP contribution in [0.1, 0.15) is 24.5 Å². The highest BCUT2D eigenvalue weighted by Crippen LogP contribution is 2.21. The second-order valence-electron chi connectivity index (χ2n) is 3.56. The number of thioether (sulfide) groups is 1. The van der Waals surface area contributed by atoms with Gasteiger partial charge in [0.05, 0.1) is 0 Å². The van der Waals surface area contributed by atoms with E-state index in [1.165, 1.54) is 11.1 Å². The summed E-state index contributed by atoms with van der Waals surface area (Å²) in [7, 11) is 0. The van der Waals surface area contributed by atoms with Crippen molar-refractivity contribution in [2.75, 3.05) is 6.61 Å². The summed E-state index contributed by atoms with van der Waals surface area (Å²) in [6.45, 7) is 4.60. The second kappa shape index (κ2) is 6.10. The lowest BCUT2D eigenvalue weighted by Crippen LogP contribution is -2.00. The Morgan fingerprint density at radius 3 is 2.71 bits per heavy atom. The largest absolute Gasteiger partial charge is 0.396 e. The summed E-state index contributed by atoms with van der Waals surface area (Å²) in [5.74, 6) is 1.05. The SMILES string of the molecule is Cc1ccccc1CSC(C)CCO. The zero-order valence-electron chi connectivity index (χ0n) is 8.86. The molecule has 1 N–H and O–H groups in total. The van der Waals surface area contributed by atoms with E-state index in [0.717, 1.165) is 12.2 Å². The molecule has 0 amide bonds. The molecule has 0 heterocycles. The first-order chi connectivity index (χ1) is 6.74. The molecule has 0 fully saturated rings. The van der Waals surface area contributed by atoms with Gasteiger partial charge in [0, 0.05) is 17.6 Å². The van der Waals surface area contributed by atoms with Gasteiger partial charge in [-0.05, 0) is 24.5 Å². The van der Waals surface area contributed by atoms with Crippen LogP contribution in [0.25, 0.3) is 0 Å². The van der Waals surface area contributed by atoms with Gasteiger partial charge in [0.1, 0.15) is 0 Å². The van der Waals surface area contributed by atoms with Gasteiger partial charge in [0.15, 0.2) is 0 Å². The lowest BCUT2D eigenvalue weighted by molar-refractivity contribution is 0.289. The van der Waals surface area contributed by atoms with Gasteiger partial charge in [-0.15, -0.1) is 0 Å². The van der Waals surface area contributed by atoms with Crippen LogP contribution in [0.2, 0.25) is 0 Å². The van der Waals surface area contributed by atoms with Crippen molar-refractivity contribution in [2.45, 2.75) is 31.3 Å². The van der Waals surface area contributed by atoms with Gasteiger partial charge in [0.25, 0.3) is 0 Å². The number of hydrogen-bond acceptors (Lipinski definition) is 2. The second-order valence-corrected chi connectivity index (χ2v) is 4.99. The molecule has 14 heavy (non-hydrogen) atoms. The van der Waals surface area contributed by atoms with E-state index >= 15 is 0 Å². The van der Waals surface area contributed by atoms with Gasteiger partial charge in [-0.1, -0.05) is 31.2 Å². The molecule has 0 aromatic heterocycles. The summed E-state index contributed by atoms with van der Waals surface area (Å²) in [4.78, 5) is 0. The maximum absolute atomic E-state index is 8.78. The highest BCUT2D eigenvalue weighted by atomic mass is 32.2. The van der Waals surface area contributed by atoms with Gasteiger partial charge in [0.2, 0.25) is 0 Å². The van der Waals surface area contributed by atoms with E-state index in [9.17, 15) is 0 Å². The van der Waals surface area contributed by atoms with Gasteiger partial charge >= 0.3 is 0 Å². The van der Waals surface area contributed by atoms with Crippen LogP contribution < -0.4 is 0 Å². The number of benzene rings is 1. The molecule has 1 aromatic rings. The quantitative estimate of drug-likeness (QED) is 0.806. The van der Waals surface area contributed by atoms with E-state index < -0.39 is 0 Å². The highest BCUT2D eigenvalue weighted by molar-refractivity contribution is 7.99. The molecule has 0 aliphatic heterocycles. The molecule has 0 bridgehead atoms. The van der Waals surface area contributed by atoms with Crippen molar-refractivity contribution in [3.8, 4) is 0 Å². The number of rotatable bonds is 5. The summed E-state index contributed by atoms with van der Waals surface area (Å²) in [6.07, 6.45) is 0.885. The van der Waals surface area contributed by atoms with E-state index in [2.05, 4.69) is 38.1 Å². The van der Waals surface area contributed by atoms with Crippen LogP contribution in [0.3, 0.4) is 0 Å². The first-order valence-corrected chi connectivity index (χ1v) is 6.06. The highest BCUT2D eigenvalue weighted by Gasteiger charge is 2.03. The van der Waals surface area contributed by atoms with E-state index in [0.29, 0.717) is 11.9 Å². The van der Waals surface area contributed by atoms with Crippen molar-refractivity contribution in [2.24, 2.45) is 0 Å². The Bertz CT molecular complexity index is 273. The number of hydrogen-bond donors (Lipinski definition) is 1. The molecular weight excluding hydrogens is 192 g/mol. The minimum atomic E-state index is 0.294. The molecular formula is C12H18OS. The monoisotopic (exact) mass is 210 g/mol. The smallest absolute Gasteiger partial charge is 0.0441 e. The summed E-state index contributed by atoms with van der Waals surface area (Å²) in [5.41, 5.74) is 2.76. The summed E-state index contributed by atoms with van der Waals surface area (Å²) >= 11 is 1.91. The lowest BCUT2D eigenvalue weighted by atomic mass is 10.1. The average molecular weight is 210 g/mol. The molecule has 0 saturated heterocycles. The molecule has 1 rings (SSSR count). The van der Waals surface area contributed by atoms with E-state index in [4.69, 9.17) is 5.11 Å². The molecule has 1 atom stereocenters. The predicted octanol–water partition coefficient (Wildman–Crippen LogP) is 3.00. The maximum Gasteiger partial charge on any atom is 0.0441 e. The van der Waals surface area contributed by atoms with Crippen LogP contribution >= 0.6 is 11.8 Å². The fourth-order valence-electron chi connectivity index (χ4n) is 1.27. The zero-order chi connectivity index (χ0) is 10.4. The topological polar surface area (TPSA) is 20.2 Å². The third-order valence-corrected chi connectivity index (χ3v) is 3.60. The standard InChI is InChI=1S/C12H18OS/c1-10-5-3-4-6-12(10)9-14-11(2)7-8-13/h3-6,11,13H,7-9H2,1-2H3. The number of aryl methyl sites for hydroxylation is 1. The average Bonchev–Trinajstić information content (AvgIpc) is 2.17. The van der Waals surface area contributed by atoms with Crippen LogP contribution in [0, 0.1) is 6.92 Å². The van der Waals surface area contributed by atoms with E-state index in [1.807, 2.05) is 11.8 Å². The third-order valence-electron chi connectivity index (χ3n) is 2.32. The minimum absolute atomic E-state index is 0.294. The normalized spacial score (nSPS) is 12.8. The van der Waals surface area contributed by atoms with Gasteiger partial charge in [-0.25, -0.2) is 0 Å². The fraction of sp³-hybridized carbons (Fsp3) is 0.500. The zero-order valence-corrected chi connectivity index (χ0v) is 9.68. The molecule has 1 nitrogen and oxygen atoms in total. The molecule has 78 valence electrons. The van der Waals surface area contributed by atoms with Crippen LogP contribution in [-0.4, -0.2) is 17.0 Å².